The smallest absolute Gasteiger partial charge is 0.224 e. The van der Waals surface area contributed by atoms with Crippen LogP contribution < -0.4 is 10.2 Å². The standard InChI is InChI=1S/C15H22N2O3/c1-12(18)2-7-15(19)16-13-3-5-14(6-4-13)17-8-10-20-11-9-17/h3-6,12,18H,2,7-11H2,1H3,(H,16,19). The highest BCUT2D eigenvalue weighted by atomic mass is 16.5. The number of carbonyl (C=O) groups excluding carboxylic acids is 1. The fourth-order valence-corrected chi connectivity index (χ4v) is 2.14. The molecule has 20 heavy (non-hydrogen) atoms. The van der Waals surface area contributed by atoms with Gasteiger partial charge in [-0.1, -0.05) is 0 Å². The third-order valence-electron chi connectivity index (χ3n) is 3.32. The number of aliphatic hydroxyl groups is 1. The molecule has 1 aliphatic rings. The highest BCUT2D eigenvalue weighted by Gasteiger charge is 2.11. The van der Waals surface area contributed by atoms with Gasteiger partial charge in [0, 0.05) is 30.9 Å². The Kier molecular flexibility index (Phi) is 5.38. The molecule has 0 saturated carbocycles. The first-order valence-corrected chi connectivity index (χ1v) is 7.06. The van der Waals surface area contributed by atoms with Gasteiger partial charge in [-0.2, -0.15) is 0 Å². The van der Waals surface area contributed by atoms with Crippen molar-refractivity contribution in [2.75, 3.05) is 36.5 Å². The number of morpholine rings is 1. The number of nitrogens with zero attached hydrogens (tertiary/aromatic N) is 1. The fourth-order valence-electron chi connectivity index (χ4n) is 2.14. The summed E-state index contributed by atoms with van der Waals surface area (Å²) in [5.74, 6) is -0.0648. The second kappa shape index (κ2) is 7.26. The summed E-state index contributed by atoms with van der Waals surface area (Å²) in [5, 5.41) is 12.0. The van der Waals surface area contributed by atoms with Crippen LogP contribution in [-0.4, -0.2) is 43.4 Å². The van der Waals surface area contributed by atoms with Crippen LogP contribution in [0.15, 0.2) is 24.3 Å². The zero-order chi connectivity index (χ0) is 14.4. The highest BCUT2D eigenvalue weighted by Crippen LogP contribution is 2.19. The van der Waals surface area contributed by atoms with Gasteiger partial charge in [0.15, 0.2) is 0 Å². The summed E-state index contributed by atoms with van der Waals surface area (Å²) in [7, 11) is 0. The molecule has 1 unspecified atom stereocenters. The van der Waals surface area contributed by atoms with Gasteiger partial charge in [-0.15, -0.1) is 0 Å². The van der Waals surface area contributed by atoms with Crippen molar-refractivity contribution in [2.24, 2.45) is 0 Å². The first-order chi connectivity index (χ1) is 9.65. The van der Waals surface area contributed by atoms with Crippen molar-refractivity contribution >= 4 is 17.3 Å². The van der Waals surface area contributed by atoms with E-state index in [1.807, 2.05) is 24.3 Å². The van der Waals surface area contributed by atoms with Crippen LogP contribution in [0.1, 0.15) is 19.8 Å². The number of aliphatic hydroxyl groups excluding tert-OH is 1. The predicted molar refractivity (Wildman–Crippen MR) is 79.0 cm³/mol. The molecule has 0 radical (unpaired) electrons. The van der Waals surface area contributed by atoms with Crippen LogP contribution in [0.4, 0.5) is 11.4 Å². The zero-order valence-electron chi connectivity index (χ0n) is 11.8. The maximum Gasteiger partial charge on any atom is 0.224 e. The number of hydrogen-bond acceptors (Lipinski definition) is 4. The molecule has 0 aliphatic carbocycles. The summed E-state index contributed by atoms with van der Waals surface area (Å²) < 4.78 is 5.32. The third kappa shape index (κ3) is 4.51. The number of amides is 1. The molecular weight excluding hydrogens is 256 g/mol. The summed E-state index contributed by atoms with van der Waals surface area (Å²) in [4.78, 5) is 13.9. The first-order valence-electron chi connectivity index (χ1n) is 7.06. The molecule has 1 heterocycles. The van der Waals surface area contributed by atoms with Crippen molar-refractivity contribution in [3.05, 3.63) is 24.3 Å². The minimum atomic E-state index is -0.440. The molecule has 5 heteroatoms. The van der Waals surface area contributed by atoms with E-state index < -0.39 is 6.10 Å². The number of anilines is 2. The Bertz CT molecular complexity index is 425. The Morgan fingerprint density at radius 2 is 2.00 bits per heavy atom. The van der Waals surface area contributed by atoms with E-state index in [1.54, 1.807) is 6.92 Å². The lowest BCUT2D eigenvalue weighted by Gasteiger charge is -2.28. The molecule has 1 aromatic carbocycles. The number of hydrogen-bond donors (Lipinski definition) is 2. The van der Waals surface area contributed by atoms with Crippen molar-refractivity contribution in [1.82, 2.24) is 0 Å². The molecule has 1 aromatic rings. The largest absolute Gasteiger partial charge is 0.393 e. The molecule has 5 nitrogen and oxygen atoms in total. The van der Waals surface area contributed by atoms with Crippen LogP contribution in [0, 0.1) is 0 Å². The van der Waals surface area contributed by atoms with E-state index in [1.165, 1.54) is 0 Å². The molecule has 2 N–H and O–H groups in total. The Morgan fingerprint density at radius 3 is 2.60 bits per heavy atom. The van der Waals surface area contributed by atoms with Gasteiger partial charge >= 0.3 is 0 Å². The van der Waals surface area contributed by atoms with E-state index in [2.05, 4.69) is 10.2 Å². The second-order valence-corrected chi connectivity index (χ2v) is 5.08. The average molecular weight is 278 g/mol. The van der Waals surface area contributed by atoms with Crippen molar-refractivity contribution in [1.29, 1.82) is 0 Å². The van der Waals surface area contributed by atoms with Gasteiger partial charge in [-0.3, -0.25) is 4.79 Å². The van der Waals surface area contributed by atoms with E-state index >= 15 is 0 Å². The van der Waals surface area contributed by atoms with E-state index in [0.717, 1.165) is 37.7 Å². The van der Waals surface area contributed by atoms with Crippen LogP contribution >= 0.6 is 0 Å². The van der Waals surface area contributed by atoms with Crippen molar-refractivity contribution in [3.8, 4) is 0 Å². The topological polar surface area (TPSA) is 61.8 Å². The van der Waals surface area contributed by atoms with Gasteiger partial charge in [0.05, 0.1) is 19.3 Å². The molecular formula is C15H22N2O3. The molecule has 1 fully saturated rings. The maximum atomic E-state index is 11.7. The minimum Gasteiger partial charge on any atom is -0.393 e. The average Bonchev–Trinajstić information content (AvgIpc) is 2.47. The summed E-state index contributed by atoms with van der Waals surface area (Å²) in [6.45, 7) is 5.01. The van der Waals surface area contributed by atoms with Crippen LogP contribution in [-0.2, 0) is 9.53 Å². The van der Waals surface area contributed by atoms with Crippen molar-refractivity contribution in [2.45, 2.75) is 25.9 Å². The second-order valence-electron chi connectivity index (χ2n) is 5.08. The van der Waals surface area contributed by atoms with E-state index in [-0.39, 0.29) is 5.91 Å². The van der Waals surface area contributed by atoms with Gasteiger partial charge in [0.25, 0.3) is 0 Å². The van der Waals surface area contributed by atoms with E-state index in [4.69, 9.17) is 9.84 Å². The Labute approximate surface area is 119 Å². The molecule has 0 spiro atoms. The monoisotopic (exact) mass is 278 g/mol. The quantitative estimate of drug-likeness (QED) is 0.859. The third-order valence-corrected chi connectivity index (χ3v) is 3.32. The fraction of sp³-hybridized carbons (Fsp3) is 0.533. The lowest BCUT2D eigenvalue weighted by molar-refractivity contribution is -0.116. The number of ether oxygens (including phenoxy) is 1. The van der Waals surface area contributed by atoms with Gasteiger partial charge in [0.1, 0.15) is 0 Å². The molecule has 110 valence electrons. The molecule has 1 aliphatic heterocycles. The van der Waals surface area contributed by atoms with Gasteiger partial charge in [-0.25, -0.2) is 0 Å². The summed E-state index contributed by atoms with van der Waals surface area (Å²) in [5.41, 5.74) is 1.94. The summed E-state index contributed by atoms with van der Waals surface area (Å²) >= 11 is 0. The summed E-state index contributed by atoms with van der Waals surface area (Å²) in [6.07, 6.45) is 0.380. The molecule has 0 aromatic heterocycles. The summed E-state index contributed by atoms with van der Waals surface area (Å²) in [6, 6.07) is 7.83. The van der Waals surface area contributed by atoms with Crippen molar-refractivity contribution < 1.29 is 14.6 Å². The van der Waals surface area contributed by atoms with Crippen LogP contribution in [0.2, 0.25) is 0 Å². The number of carbonyl (C=O) groups is 1. The Balaban J connectivity index is 1.86. The van der Waals surface area contributed by atoms with Crippen LogP contribution in [0.3, 0.4) is 0 Å². The molecule has 1 amide bonds. The number of benzene rings is 1. The van der Waals surface area contributed by atoms with E-state index in [0.29, 0.717) is 12.8 Å². The zero-order valence-corrected chi connectivity index (χ0v) is 11.8. The molecule has 1 atom stereocenters. The van der Waals surface area contributed by atoms with Gasteiger partial charge < -0.3 is 20.1 Å². The molecule has 2 rings (SSSR count). The Morgan fingerprint density at radius 1 is 1.35 bits per heavy atom. The normalized spacial score (nSPS) is 16.8. The minimum absolute atomic E-state index is 0.0648. The first kappa shape index (κ1) is 14.8. The molecule has 1 saturated heterocycles. The predicted octanol–water partition coefficient (Wildman–Crippen LogP) is 1.62. The lowest BCUT2D eigenvalue weighted by Crippen LogP contribution is -2.36. The Hall–Kier alpha value is -1.59. The molecule has 0 bridgehead atoms. The lowest BCUT2D eigenvalue weighted by atomic mass is 10.2. The number of rotatable bonds is 5. The maximum absolute atomic E-state index is 11.7. The van der Waals surface area contributed by atoms with E-state index in [9.17, 15) is 4.79 Å². The number of nitrogens with one attached hydrogen (secondary N) is 1. The van der Waals surface area contributed by atoms with Gasteiger partial charge in [0.2, 0.25) is 5.91 Å². The van der Waals surface area contributed by atoms with Gasteiger partial charge in [-0.05, 0) is 37.6 Å². The van der Waals surface area contributed by atoms with Crippen LogP contribution in [0.5, 0.6) is 0 Å². The highest BCUT2D eigenvalue weighted by molar-refractivity contribution is 5.90. The van der Waals surface area contributed by atoms with Crippen LogP contribution in [0.25, 0.3) is 0 Å². The van der Waals surface area contributed by atoms with Crippen molar-refractivity contribution in [3.63, 3.8) is 0 Å². The SMILES string of the molecule is CC(O)CCC(=O)Nc1ccc(N2CCOCC2)cc1.